The number of hydrogen-bond acceptors (Lipinski definition) is 3. The first-order valence-electron chi connectivity index (χ1n) is 4.85. The molecule has 0 radical (unpaired) electrons. The van der Waals surface area contributed by atoms with Crippen LogP contribution in [0.25, 0.3) is 0 Å². The molecule has 0 saturated carbocycles. The minimum atomic E-state index is -0.481. The molecule has 17 heavy (non-hydrogen) atoms. The third-order valence-electron chi connectivity index (χ3n) is 1.59. The molecule has 90 valence electrons. The summed E-state index contributed by atoms with van der Waals surface area (Å²) >= 11 is 0. The van der Waals surface area contributed by atoms with Crippen LogP contribution in [0.15, 0.2) is 55.6 Å². The lowest BCUT2D eigenvalue weighted by Gasteiger charge is -2.00. The molecule has 0 fully saturated rings. The Morgan fingerprint density at radius 1 is 1.18 bits per heavy atom. The van der Waals surface area contributed by atoms with E-state index in [1.807, 2.05) is 30.3 Å². The van der Waals surface area contributed by atoms with Crippen molar-refractivity contribution in [3.05, 3.63) is 61.2 Å². The Kier molecular flexibility index (Phi) is 7.67. The van der Waals surface area contributed by atoms with Crippen molar-refractivity contribution in [3.8, 4) is 0 Å². The topological polar surface area (TPSA) is 69.4 Å². The van der Waals surface area contributed by atoms with Gasteiger partial charge in [-0.3, -0.25) is 4.79 Å². The summed E-state index contributed by atoms with van der Waals surface area (Å²) < 4.78 is 4.82. The van der Waals surface area contributed by atoms with Crippen LogP contribution in [0.1, 0.15) is 5.56 Å². The Bertz CT molecular complexity index is 385. The van der Waals surface area contributed by atoms with Gasteiger partial charge in [-0.15, -0.1) is 0 Å². The summed E-state index contributed by atoms with van der Waals surface area (Å²) in [7, 11) is 0. The highest BCUT2D eigenvalue weighted by molar-refractivity contribution is 5.85. The summed E-state index contributed by atoms with van der Waals surface area (Å²) in [6.45, 7) is 6.70. The molecule has 2 N–H and O–H groups in total. The van der Waals surface area contributed by atoms with Crippen LogP contribution in [-0.4, -0.2) is 11.9 Å². The van der Waals surface area contributed by atoms with E-state index < -0.39 is 5.91 Å². The van der Waals surface area contributed by atoms with E-state index in [9.17, 15) is 9.59 Å². The molecule has 1 aromatic carbocycles. The maximum Gasteiger partial charge on any atom is 0.330 e. The second-order valence-corrected chi connectivity index (χ2v) is 2.90. The lowest BCUT2D eigenvalue weighted by atomic mass is 10.2. The van der Waals surface area contributed by atoms with Gasteiger partial charge < -0.3 is 10.5 Å². The first-order chi connectivity index (χ1) is 8.10. The maximum absolute atomic E-state index is 10.6. The summed E-state index contributed by atoms with van der Waals surface area (Å²) in [5.41, 5.74) is 5.51. The number of nitrogens with two attached hydrogens (primary N) is 1. The van der Waals surface area contributed by atoms with E-state index in [0.29, 0.717) is 6.61 Å². The predicted molar refractivity (Wildman–Crippen MR) is 65.8 cm³/mol. The smallest absolute Gasteiger partial charge is 0.330 e. The number of hydrogen-bond donors (Lipinski definition) is 1. The molecule has 0 atom stereocenters. The number of ether oxygens (including phenoxy) is 1. The largest absolute Gasteiger partial charge is 0.458 e. The van der Waals surface area contributed by atoms with E-state index in [2.05, 4.69) is 18.9 Å². The Labute approximate surface area is 100 Å². The van der Waals surface area contributed by atoms with Gasteiger partial charge >= 0.3 is 5.97 Å². The molecule has 0 aliphatic heterocycles. The van der Waals surface area contributed by atoms with Crippen molar-refractivity contribution in [2.45, 2.75) is 6.61 Å². The van der Waals surface area contributed by atoms with Crippen LogP contribution in [0.3, 0.4) is 0 Å². The molecule has 4 heteroatoms. The highest BCUT2D eigenvalue weighted by atomic mass is 16.5. The first-order valence-corrected chi connectivity index (χ1v) is 4.85. The number of esters is 1. The zero-order valence-corrected chi connectivity index (χ0v) is 9.46. The molecular formula is C13H15NO3. The number of benzene rings is 1. The fraction of sp³-hybridized carbons (Fsp3) is 0.0769. The molecule has 0 aliphatic rings. The molecule has 1 aromatic rings. The third-order valence-corrected chi connectivity index (χ3v) is 1.59. The van der Waals surface area contributed by atoms with Gasteiger partial charge in [0.1, 0.15) is 6.61 Å². The molecule has 0 aliphatic carbocycles. The van der Waals surface area contributed by atoms with Crippen LogP contribution in [-0.2, 0) is 20.9 Å². The van der Waals surface area contributed by atoms with Crippen LogP contribution in [0, 0.1) is 0 Å². The lowest BCUT2D eigenvalue weighted by Crippen LogP contribution is -2.04. The summed E-state index contributed by atoms with van der Waals surface area (Å²) in [6.07, 6.45) is 2.21. The quantitative estimate of drug-likeness (QED) is 0.634. The average molecular weight is 233 g/mol. The molecule has 0 saturated heterocycles. The van der Waals surface area contributed by atoms with Crippen molar-refractivity contribution in [1.29, 1.82) is 0 Å². The van der Waals surface area contributed by atoms with Crippen LogP contribution in [0.4, 0.5) is 0 Å². The third kappa shape index (κ3) is 8.62. The molecule has 1 rings (SSSR count). The molecule has 1 amide bonds. The van der Waals surface area contributed by atoms with Crippen molar-refractivity contribution in [3.63, 3.8) is 0 Å². The molecule has 0 bridgehead atoms. The van der Waals surface area contributed by atoms with Crippen molar-refractivity contribution in [2.24, 2.45) is 5.73 Å². The first kappa shape index (κ1) is 14.6. The Morgan fingerprint density at radius 3 is 2.12 bits per heavy atom. The van der Waals surface area contributed by atoms with Gasteiger partial charge in [0.05, 0.1) is 0 Å². The summed E-state index contributed by atoms with van der Waals surface area (Å²) in [5.74, 6) is -0.871. The van der Waals surface area contributed by atoms with Gasteiger partial charge in [0.15, 0.2) is 0 Å². The Balaban J connectivity index is 0.000000437. The highest BCUT2D eigenvalue weighted by Crippen LogP contribution is 2.00. The van der Waals surface area contributed by atoms with E-state index in [1.165, 1.54) is 0 Å². The normalized spacial score (nSPS) is 8.24. The van der Waals surface area contributed by atoms with E-state index in [-0.39, 0.29) is 5.97 Å². The van der Waals surface area contributed by atoms with Crippen molar-refractivity contribution in [1.82, 2.24) is 0 Å². The lowest BCUT2D eigenvalue weighted by molar-refractivity contribution is -0.139. The van der Waals surface area contributed by atoms with Crippen LogP contribution in [0.2, 0.25) is 0 Å². The second-order valence-electron chi connectivity index (χ2n) is 2.90. The van der Waals surface area contributed by atoms with Gasteiger partial charge in [0.25, 0.3) is 0 Å². The SMILES string of the molecule is C=CC(=O)OCc1ccccc1.C=CC(N)=O. The molecule has 0 unspecified atom stereocenters. The monoisotopic (exact) mass is 233 g/mol. The fourth-order valence-corrected chi connectivity index (χ4v) is 0.788. The summed E-state index contributed by atoms with van der Waals surface area (Å²) in [5, 5.41) is 0. The zero-order chi connectivity index (χ0) is 13.1. The van der Waals surface area contributed by atoms with Crippen LogP contribution >= 0.6 is 0 Å². The fourth-order valence-electron chi connectivity index (χ4n) is 0.788. The second kappa shape index (κ2) is 8.91. The molecule has 0 aromatic heterocycles. The zero-order valence-electron chi connectivity index (χ0n) is 9.46. The summed E-state index contributed by atoms with van der Waals surface area (Å²) in [4.78, 5) is 20.1. The number of rotatable bonds is 4. The molecule has 0 heterocycles. The van der Waals surface area contributed by atoms with Crippen LogP contribution in [0.5, 0.6) is 0 Å². The van der Waals surface area contributed by atoms with Gasteiger partial charge in [-0.25, -0.2) is 4.79 Å². The molecule has 0 spiro atoms. The molecular weight excluding hydrogens is 218 g/mol. The number of primary amides is 1. The van der Waals surface area contributed by atoms with Crippen molar-refractivity contribution < 1.29 is 14.3 Å². The average Bonchev–Trinajstić information content (AvgIpc) is 2.37. The summed E-state index contributed by atoms with van der Waals surface area (Å²) in [6, 6.07) is 9.51. The van der Waals surface area contributed by atoms with Crippen molar-refractivity contribution >= 4 is 11.9 Å². The minimum absolute atomic E-state index is 0.311. The number of amides is 1. The standard InChI is InChI=1S/C10H10O2.C3H5NO/c1-2-10(11)12-8-9-6-4-3-5-7-9;1-2-3(4)5/h2-7H,1,8H2;2H,1H2,(H2,4,5). The molecule has 4 nitrogen and oxygen atoms in total. The maximum atomic E-state index is 10.6. The van der Waals surface area contributed by atoms with Gasteiger partial charge in [-0.2, -0.15) is 0 Å². The number of carbonyl (C=O) groups is 2. The van der Waals surface area contributed by atoms with E-state index in [4.69, 9.17) is 4.74 Å². The van der Waals surface area contributed by atoms with Gasteiger partial charge in [-0.1, -0.05) is 43.5 Å². The predicted octanol–water partition coefficient (Wildman–Crippen LogP) is 1.57. The number of carbonyl (C=O) groups excluding carboxylic acids is 2. The Morgan fingerprint density at radius 2 is 1.71 bits per heavy atom. The van der Waals surface area contributed by atoms with Crippen molar-refractivity contribution in [2.75, 3.05) is 0 Å². The van der Waals surface area contributed by atoms with E-state index in [0.717, 1.165) is 17.7 Å². The van der Waals surface area contributed by atoms with Gasteiger partial charge in [0.2, 0.25) is 5.91 Å². The van der Waals surface area contributed by atoms with Gasteiger partial charge in [-0.05, 0) is 11.6 Å². The van der Waals surface area contributed by atoms with E-state index >= 15 is 0 Å². The van der Waals surface area contributed by atoms with Crippen LogP contribution < -0.4 is 5.73 Å². The van der Waals surface area contributed by atoms with E-state index in [1.54, 1.807) is 0 Å². The van der Waals surface area contributed by atoms with Gasteiger partial charge in [0, 0.05) is 6.08 Å². The minimum Gasteiger partial charge on any atom is -0.458 e. The Hall–Kier alpha value is -2.36. The highest BCUT2D eigenvalue weighted by Gasteiger charge is 1.95.